The van der Waals surface area contributed by atoms with E-state index < -0.39 is 8.32 Å². The van der Waals surface area contributed by atoms with Crippen LogP contribution in [-0.4, -0.2) is 19.7 Å². The van der Waals surface area contributed by atoms with Gasteiger partial charge in [0.25, 0.3) is 0 Å². The second-order valence-electron chi connectivity index (χ2n) is 6.49. The fourth-order valence-electron chi connectivity index (χ4n) is 1.89. The maximum absolute atomic E-state index is 13.6. The average Bonchev–Trinajstić information content (AvgIpc) is 2.35. The number of anilines is 1. The van der Waals surface area contributed by atoms with Crippen LogP contribution in [0.15, 0.2) is 18.2 Å². The SMILES string of the molecule is CC(C)(CCCNc1cc(CN)ccc1F)[Si](C)(C)O. The van der Waals surface area contributed by atoms with E-state index in [0.29, 0.717) is 18.8 Å². The van der Waals surface area contributed by atoms with E-state index in [1.807, 2.05) is 13.1 Å². The van der Waals surface area contributed by atoms with Gasteiger partial charge in [-0.05, 0) is 48.7 Å². The standard InChI is InChI=1S/C15H27FN2OSi/c1-15(2,20(3,4)19)8-5-9-18-14-10-12(11-17)6-7-13(14)16/h6-7,10,18-19H,5,8-9,11,17H2,1-4H3. The van der Waals surface area contributed by atoms with E-state index in [4.69, 9.17) is 5.73 Å². The van der Waals surface area contributed by atoms with E-state index in [1.54, 1.807) is 12.1 Å². The quantitative estimate of drug-likeness (QED) is 0.534. The predicted octanol–water partition coefficient (Wildman–Crippen LogP) is 3.45. The van der Waals surface area contributed by atoms with E-state index in [1.165, 1.54) is 6.07 Å². The molecule has 4 N–H and O–H groups in total. The minimum absolute atomic E-state index is 0.0354. The number of rotatable bonds is 7. The summed E-state index contributed by atoms with van der Waals surface area (Å²) in [6.45, 7) is 9.24. The van der Waals surface area contributed by atoms with E-state index in [2.05, 4.69) is 19.2 Å². The summed E-state index contributed by atoms with van der Waals surface area (Å²) in [6, 6.07) is 4.90. The number of benzene rings is 1. The summed E-state index contributed by atoms with van der Waals surface area (Å²) < 4.78 is 13.6. The molecule has 5 heteroatoms. The monoisotopic (exact) mass is 298 g/mol. The van der Waals surface area contributed by atoms with Crippen molar-refractivity contribution in [2.45, 2.75) is 51.4 Å². The average molecular weight is 298 g/mol. The molecule has 20 heavy (non-hydrogen) atoms. The number of hydrogen-bond acceptors (Lipinski definition) is 3. The molecular weight excluding hydrogens is 271 g/mol. The maximum Gasteiger partial charge on any atom is 0.188 e. The molecule has 0 saturated heterocycles. The van der Waals surface area contributed by atoms with Crippen LogP contribution in [0, 0.1) is 5.82 Å². The third-order valence-corrected chi connectivity index (χ3v) is 7.78. The van der Waals surface area contributed by atoms with Crippen LogP contribution >= 0.6 is 0 Å². The topological polar surface area (TPSA) is 58.3 Å². The van der Waals surface area contributed by atoms with Gasteiger partial charge in [0, 0.05) is 13.1 Å². The summed E-state index contributed by atoms with van der Waals surface area (Å²) in [5, 5.41) is 3.08. The van der Waals surface area contributed by atoms with Crippen LogP contribution in [-0.2, 0) is 6.54 Å². The van der Waals surface area contributed by atoms with E-state index >= 15 is 0 Å². The highest BCUT2D eigenvalue weighted by atomic mass is 28.4. The molecule has 0 aliphatic heterocycles. The molecule has 0 atom stereocenters. The molecule has 0 heterocycles. The van der Waals surface area contributed by atoms with Crippen molar-refractivity contribution in [3.63, 3.8) is 0 Å². The summed E-state index contributed by atoms with van der Waals surface area (Å²) >= 11 is 0. The second kappa shape index (κ2) is 6.69. The van der Waals surface area contributed by atoms with Gasteiger partial charge in [0.1, 0.15) is 5.82 Å². The van der Waals surface area contributed by atoms with Crippen molar-refractivity contribution in [3.8, 4) is 0 Å². The van der Waals surface area contributed by atoms with Crippen LogP contribution in [0.2, 0.25) is 18.1 Å². The Labute approximate surface area is 122 Å². The Balaban J connectivity index is 2.49. The van der Waals surface area contributed by atoms with Crippen LogP contribution in [0.5, 0.6) is 0 Å². The zero-order chi connectivity index (χ0) is 15.4. The molecule has 0 saturated carbocycles. The van der Waals surface area contributed by atoms with Crippen molar-refractivity contribution in [1.29, 1.82) is 0 Å². The smallest absolute Gasteiger partial charge is 0.188 e. The first-order valence-electron chi connectivity index (χ1n) is 7.12. The third-order valence-electron chi connectivity index (χ3n) is 4.22. The summed E-state index contributed by atoms with van der Waals surface area (Å²) in [4.78, 5) is 10.2. The minimum atomic E-state index is -2.16. The van der Waals surface area contributed by atoms with Crippen LogP contribution in [0.25, 0.3) is 0 Å². The first kappa shape index (κ1) is 17.1. The van der Waals surface area contributed by atoms with Gasteiger partial charge in [-0.1, -0.05) is 19.9 Å². The molecule has 0 unspecified atom stereocenters. The lowest BCUT2D eigenvalue weighted by Gasteiger charge is -2.35. The molecule has 0 radical (unpaired) electrons. The fourth-order valence-corrected chi connectivity index (χ4v) is 2.68. The lowest BCUT2D eigenvalue weighted by Crippen LogP contribution is -2.39. The maximum atomic E-state index is 13.6. The van der Waals surface area contributed by atoms with Gasteiger partial charge in [0.2, 0.25) is 0 Å². The Morgan fingerprint density at radius 3 is 2.55 bits per heavy atom. The highest BCUT2D eigenvalue weighted by molar-refractivity contribution is 6.72. The molecule has 0 aliphatic rings. The molecule has 114 valence electrons. The zero-order valence-corrected chi connectivity index (χ0v) is 14.0. The molecule has 0 spiro atoms. The molecule has 0 aliphatic carbocycles. The highest BCUT2D eigenvalue weighted by Gasteiger charge is 2.37. The molecule has 0 bridgehead atoms. The minimum Gasteiger partial charge on any atom is -0.432 e. The Morgan fingerprint density at radius 2 is 2.00 bits per heavy atom. The highest BCUT2D eigenvalue weighted by Crippen LogP contribution is 2.39. The lowest BCUT2D eigenvalue weighted by atomic mass is 10.1. The molecule has 0 fully saturated rings. The van der Waals surface area contributed by atoms with Crippen LogP contribution in [0.4, 0.5) is 10.1 Å². The number of nitrogens with two attached hydrogens (primary N) is 1. The summed E-state index contributed by atoms with van der Waals surface area (Å²) in [5.41, 5.74) is 6.98. The van der Waals surface area contributed by atoms with Gasteiger partial charge >= 0.3 is 0 Å². The van der Waals surface area contributed by atoms with Gasteiger partial charge in [-0.2, -0.15) is 0 Å². The molecular formula is C15H27FN2OSi. The Morgan fingerprint density at radius 1 is 1.35 bits per heavy atom. The second-order valence-corrected chi connectivity index (χ2v) is 11.0. The van der Waals surface area contributed by atoms with E-state index in [-0.39, 0.29) is 10.9 Å². The van der Waals surface area contributed by atoms with Crippen LogP contribution in [0.3, 0.4) is 0 Å². The predicted molar refractivity (Wildman–Crippen MR) is 85.8 cm³/mol. The third kappa shape index (κ3) is 4.58. The number of hydrogen-bond donors (Lipinski definition) is 3. The molecule has 0 amide bonds. The fraction of sp³-hybridized carbons (Fsp3) is 0.600. The number of nitrogens with one attached hydrogen (secondary N) is 1. The van der Waals surface area contributed by atoms with Crippen molar-refractivity contribution in [1.82, 2.24) is 0 Å². The van der Waals surface area contributed by atoms with E-state index in [0.717, 1.165) is 18.4 Å². The Kier molecular flexibility index (Phi) is 5.74. The van der Waals surface area contributed by atoms with Crippen molar-refractivity contribution in [2.24, 2.45) is 5.73 Å². The van der Waals surface area contributed by atoms with Gasteiger partial charge in [-0.15, -0.1) is 0 Å². The Hall–Kier alpha value is -0.913. The molecule has 0 aromatic heterocycles. The first-order chi connectivity index (χ1) is 9.17. The number of halogens is 1. The largest absolute Gasteiger partial charge is 0.432 e. The Bertz CT molecular complexity index is 444. The summed E-state index contributed by atoms with van der Waals surface area (Å²) in [6.07, 6.45) is 1.82. The summed E-state index contributed by atoms with van der Waals surface area (Å²) in [7, 11) is -2.16. The summed E-state index contributed by atoms with van der Waals surface area (Å²) in [5.74, 6) is -0.252. The van der Waals surface area contributed by atoms with Gasteiger partial charge in [-0.3, -0.25) is 0 Å². The van der Waals surface area contributed by atoms with Crippen LogP contribution < -0.4 is 11.1 Å². The zero-order valence-electron chi connectivity index (χ0n) is 13.0. The van der Waals surface area contributed by atoms with Crippen molar-refractivity contribution in [2.75, 3.05) is 11.9 Å². The first-order valence-corrected chi connectivity index (χ1v) is 10.1. The van der Waals surface area contributed by atoms with Gasteiger partial charge in [0.15, 0.2) is 8.32 Å². The molecule has 1 rings (SSSR count). The van der Waals surface area contributed by atoms with Gasteiger partial charge in [-0.25, -0.2) is 4.39 Å². The van der Waals surface area contributed by atoms with Crippen molar-refractivity contribution >= 4 is 14.0 Å². The molecule has 3 nitrogen and oxygen atoms in total. The lowest BCUT2D eigenvalue weighted by molar-refractivity contribution is 0.446. The molecule has 1 aromatic carbocycles. The van der Waals surface area contributed by atoms with Gasteiger partial charge < -0.3 is 15.8 Å². The van der Waals surface area contributed by atoms with Crippen LogP contribution in [0.1, 0.15) is 32.3 Å². The normalized spacial score (nSPS) is 12.6. The van der Waals surface area contributed by atoms with E-state index in [9.17, 15) is 9.19 Å². The van der Waals surface area contributed by atoms with Crippen molar-refractivity contribution < 1.29 is 9.19 Å². The van der Waals surface area contributed by atoms with Crippen molar-refractivity contribution in [3.05, 3.63) is 29.6 Å². The molecule has 1 aromatic rings. The van der Waals surface area contributed by atoms with Gasteiger partial charge in [0.05, 0.1) is 5.69 Å².